The Labute approximate surface area is 136 Å². The second-order valence-corrected chi connectivity index (χ2v) is 6.91. The van der Waals surface area contributed by atoms with E-state index in [4.69, 9.17) is 11.6 Å². The number of fused-ring (bicyclic) bond motifs is 1. The molecule has 3 heteroatoms. The number of thioether (sulfide) groups is 1. The predicted octanol–water partition coefficient (Wildman–Crippen LogP) is 5.37. The third-order valence-electron chi connectivity index (χ3n) is 4.06. The smallest absolute Gasteiger partial charge is 0.0419 e. The fourth-order valence-electron chi connectivity index (χ4n) is 2.91. The van der Waals surface area contributed by atoms with Gasteiger partial charge in [0, 0.05) is 28.6 Å². The molecule has 0 bridgehead atoms. The van der Waals surface area contributed by atoms with Gasteiger partial charge in [0.2, 0.25) is 0 Å². The molecule has 1 aliphatic rings. The Hall–Kier alpha value is -0.960. The predicted molar refractivity (Wildman–Crippen MR) is 93.0 cm³/mol. The average molecular weight is 318 g/mol. The van der Waals surface area contributed by atoms with Crippen LogP contribution in [0.25, 0.3) is 0 Å². The first kappa shape index (κ1) is 15.0. The molecule has 0 amide bonds. The van der Waals surface area contributed by atoms with Crippen molar-refractivity contribution in [2.45, 2.75) is 31.2 Å². The lowest BCUT2D eigenvalue weighted by atomic mass is 9.98. The zero-order valence-electron chi connectivity index (χ0n) is 12.2. The number of halogens is 1. The van der Waals surface area contributed by atoms with Gasteiger partial charge in [-0.2, -0.15) is 11.8 Å². The molecule has 3 rings (SSSR count). The second kappa shape index (κ2) is 6.87. The molecule has 110 valence electrons. The summed E-state index contributed by atoms with van der Waals surface area (Å²) in [6.45, 7) is 2.23. The number of benzene rings is 2. The van der Waals surface area contributed by atoms with E-state index in [1.807, 2.05) is 23.9 Å². The molecule has 0 aliphatic carbocycles. The van der Waals surface area contributed by atoms with Crippen LogP contribution >= 0.6 is 23.4 Å². The standard InChI is InChI=1S/C18H20ClNS/c1-2-17(13-7-9-15(19)10-8-13)20-18-12-21-11-14-5-3-4-6-16(14)18/h3-10,17-18,20H,2,11-12H2,1H3. The molecule has 0 saturated carbocycles. The maximum atomic E-state index is 5.99. The highest BCUT2D eigenvalue weighted by molar-refractivity contribution is 7.98. The highest BCUT2D eigenvalue weighted by Crippen LogP contribution is 2.33. The molecule has 1 N–H and O–H groups in total. The topological polar surface area (TPSA) is 12.0 Å². The molecule has 0 radical (unpaired) electrons. The van der Waals surface area contributed by atoms with E-state index < -0.39 is 0 Å². The molecule has 0 spiro atoms. The zero-order chi connectivity index (χ0) is 14.7. The van der Waals surface area contributed by atoms with E-state index >= 15 is 0 Å². The fraction of sp³-hybridized carbons (Fsp3) is 0.333. The summed E-state index contributed by atoms with van der Waals surface area (Å²) < 4.78 is 0. The van der Waals surface area contributed by atoms with Crippen molar-refractivity contribution in [3.63, 3.8) is 0 Å². The Bertz CT molecular complexity index is 596. The molecule has 1 nitrogen and oxygen atoms in total. The van der Waals surface area contributed by atoms with Crippen molar-refractivity contribution in [3.8, 4) is 0 Å². The quantitative estimate of drug-likeness (QED) is 0.813. The van der Waals surface area contributed by atoms with Gasteiger partial charge in [-0.15, -0.1) is 0 Å². The van der Waals surface area contributed by atoms with Crippen molar-refractivity contribution in [2.75, 3.05) is 5.75 Å². The number of hydrogen-bond acceptors (Lipinski definition) is 2. The third kappa shape index (κ3) is 3.45. The number of rotatable bonds is 4. The van der Waals surface area contributed by atoms with E-state index in [1.54, 1.807) is 0 Å². The summed E-state index contributed by atoms with van der Waals surface area (Å²) in [6.07, 6.45) is 1.07. The molecular weight excluding hydrogens is 298 g/mol. The first-order valence-corrected chi connectivity index (χ1v) is 8.98. The molecule has 1 aliphatic heterocycles. The van der Waals surface area contributed by atoms with Crippen LogP contribution in [-0.2, 0) is 5.75 Å². The van der Waals surface area contributed by atoms with E-state index in [0.29, 0.717) is 12.1 Å². The van der Waals surface area contributed by atoms with Gasteiger partial charge in [0.25, 0.3) is 0 Å². The van der Waals surface area contributed by atoms with Crippen LogP contribution in [0.15, 0.2) is 48.5 Å². The molecule has 2 aromatic carbocycles. The second-order valence-electron chi connectivity index (χ2n) is 5.45. The van der Waals surface area contributed by atoms with Gasteiger partial charge >= 0.3 is 0 Å². The van der Waals surface area contributed by atoms with E-state index in [9.17, 15) is 0 Å². The van der Waals surface area contributed by atoms with Crippen LogP contribution in [0, 0.1) is 0 Å². The summed E-state index contributed by atoms with van der Waals surface area (Å²) in [5, 5.41) is 4.63. The van der Waals surface area contributed by atoms with Crippen molar-refractivity contribution in [3.05, 3.63) is 70.2 Å². The summed E-state index contributed by atoms with van der Waals surface area (Å²) in [5.74, 6) is 2.27. The van der Waals surface area contributed by atoms with Gasteiger partial charge in [0.05, 0.1) is 0 Å². The molecule has 0 saturated heterocycles. The third-order valence-corrected chi connectivity index (χ3v) is 5.39. The van der Waals surface area contributed by atoms with Crippen molar-refractivity contribution >= 4 is 23.4 Å². The molecule has 2 aromatic rings. The van der Waals surface area contributed by atoms with Gasteiger partial charge < -0.3 is 5.32 Å². The zero-order valence-corrected chi connectivity index (χ0v) is 13.8. The summed E-state index contributed by atoms with van der Waals surface area (Å²) in [7, 11) is 0. The van der Waals surface area contributed by atoms with E-state index in [-0.39, 0.29) is 0 Å². The highest BCUT2D eigenvalue weighted by atomic mass is 35.5. The normalized spacial score (nSPS) is 19.0. The average Bonchev–Trinajstić information content (AvgIpc) is 2.54. The van der Waals surface area contributed by atoms with E-state index in [0.717, 1.165) is 22.9 Å². The SMILES string of the molecule is CCC(NC1CSCc2ccccc21)c1ccc(Cl)cc1. The van der Waals surface area contributed by atoms with Crippen molar-refractivity contribution in [2.24, 2.45) is 0 Å². The van der Waals surface area contributed by atoms with Crippen LogP contribution < -0.4 is 5.32 Å². The van der Waals surface area contributed by atoms with Gasteiger partial charge in [-0.05, 0) is 35.2 Å². The van der Waals surface area contributed by atoms with Crippen LogP contribution in [0.4, 0.5) is 0 Å². The molecule has 21 heavy (non-hydrogen) atoms. The molecule has 2 atom stereocenters. The van der Waals surface area contributed by atoms with Gasteiger partial charge in [0.1, 0.15) is 0 Å². The van der Waals surface area contributed by atoms with E-state index in [1.165, 1.54) is 16.7 Å². The Kier molecular flexibility index (Phi) is 4.89. The molecule has 0 aromatic heterocycles. The van der Waals surface area contributed by atoms with Gasteiger partial charge in [-0.3, -0.25) is 0 Å². The first-order chi connectivity index (χ1) is 10.3. The van der Waals surface area contributed by atoms with Gasteiger partial charge in [0.15, 0.2) is 0 Å². The highest BCUT2D eigenvalue weighted by Gasteiger charge is 2.22. The van der Waals surface area contributed by atoms with E-state index in [2.05, 4.69) is 48.6 Å². The van der Waals surface area contributed by atoms with Crippen LogP contribution in [-0.4, -0.2) is 5.75 Å². The maximum absolute atomic E-state index is 5.99. The minimum atomic E-state index is 0.374. The Morgan fingerprint density at radius 1 is 1.19 bits per heavy atom. The first-order valence-electron chi connectivity index (χ1n) is 7.45. The molecule has 0 fully saturated rings. The van der Waals surface area contributed by atoms with Crippen molar-refractivity contribution in [1.29, 1.82) is 0 Å². The summed E-state index contributed by atoms with van der Waals surface area (Å²) in [5.41, 5.74) is 4.25. The van der Waals surface area contributed by atoms with Crippen LogP contribution in [0.3, 0.4) is 0 Å². The Morgan fingerprint density at radius 2 is 1.95 bits per heavy atom. The molecule has 1 heterocycles. The minimum absolute atomic E-state index is 0.374. The minimum Gasteiger partial charge on any atom is -0.302 e. The summed E-state index contributed by atoms with van der Waals surface area (Å²) in [6, 6.07) is 17.8. The van der Waals surface area contributed by atoms with Crippen LogP contribution in [0.1, 0.15) is 42.1 Å². The fourth-order valence-corrected chi connectivity index (χ4v) is 4.15. The Morgan fingerprint density at radius 3 is 2.71 bits per heavy atom. The lowest BCUT2D eigenvalue weighted by Gasteiger charge is -2.30. The lowest BCUT2D eigenvalue weighted by Crippen LogP contribution is -2.30. The monoisotopic (exact) mass is 317 g/mol. The lowest BCUT2D eigenvalue weighted by molar-refractivity contribution is 0.457. The molecule has 2 unspecified atom stereocenters. The maximum Gasteiger partial charge on any atom is 0.0419 e. The number of hydrogen-bond donors (Lipinski definition) is 1. The van der Waals surface area contributed by atoms with Crippen LogP contribution in [0.5, 0.6) is 0 Å². The van der Waals surface area contributed by atoms with Gasteiger partial charge in [-0.25, -0.2) is 0 Å². The van der Waals surface area contributed by atoms with Crippen molar-refractivity contribution in [1.82, 2.24) is 5.32 Å². The number of nitrogens with one attached hydrogen (secondary N) is 1. The largest absolute Gasteiger partial charge is 0.302 e. The molecular formula is C18H20ClNS. The summed E-state index contributed by atoms with van der Waals surface area (Å²) in [4.78, 5) is 0. The van der Waals surface area contributed by atoms with Crippen LogP contribution in [0.2, 0.25) is 5.02 Å². The Balaban J connectivity index is 1.80. The van der Waals surface area contributed by atoms with Gasteiger partial charge in [-0.1, -0.05) is 54.9 Å². The van der Waals surface area contributed by atoms with Crippen molar-refractivity contribution < 1.29 is 0 Å². The summed E-state index contributed by atoms with van der Waals surface area (Å²) >= 11 is 8.01.